The largest absolute Gasteiger partial charge is 0.496 e. The molecule has 0 radical (unpaired) electrons. The highest BCUT2D eigenvalue weighted by molar-refractivity contribution is 5.97. The van der Waals surface area contributed by atoms with Crippen LogP contribution in [0.4, 0.5) is 4.39 Å². The molecule has 1 aliphatic rings. The third-order valence-corrected chi connectivity index (χ3v) is 5.34. The Bertz CT molecular complexity index is 1030. The molecule has 0 spiro atoms. The highest BCUT2D eigenvalue weighted by Crippen LogP contribution is 2.35. The van der Waals surface area contributed by atoms with Gasteiger partial charge in [0.2, 0.25) is 0 Å². The summed E-state index contributed by atoms with van der Waals surface area (Å²) in [5.74, 6) is 0.271. The van der Waals surface area contributed by atoms with E-state index in [1.54, 1.807) is 31.4 Å². The van der Waals surface area contributed by atoms with Crippen LogP contribution in [-0.4, -0.2) is 29.4 Å². The lowest BCUT2D eigenvalue weighted by Gasteiger charge is -2.26. The summed E-state index contributed by atoms with van der Waals surface area (Å²) in [6.45, 7) is 2.63. The highest BCUT2D eigenvalue weighted by Gasteiger charge is 2.33. The van der Waals surface area contributed by atoms with Gasteiger partial charge >= 0.3 is 0 Å². The zero-order valence-electron chi connectivity index (χ0n) is 16.6. The second-order valence-corrected chi connectivity index (χ2v) is 7.29. The van der Waals surface area contributed by atoms with Crippen molar-refractivity contribution in [3.63, 3.8) is 0 Å². The van der Waals surface area contributed by atoms with E-state index < -0.39 is 0 Å². The molecule has 1 aliphatic heterocycles. The van der Waals surface area contributed by atoms with E-state index in [4.69, 9.17) is 9.72 Å². The number of hydrogen-bond acceptors (Lipinski definition) is 3. The third-order valence-electron chi connectivity index (χ3n) is 5.34. The van der Waals surface area contributed by atoms with Crippen LogP contribution in [0, 0.1) is 12.7 Å². The molecule has 148 valence electrons. The number of carbonyl (C=O) groups excluding carboxylic acids is 1. The Morgan fingerprint density at radius 1 is 1.10 bits per heavy atom. The topological polar surface area (TPSA) is 42.4 Å². The zero-order valence-corrected chi connectivity index (χ0v) is 16.6. The predicted octanol–water partition coefficient (Wildman–Crippen LogP) is 5.18. The highest BCUT2D eigenvalue weighted by atomic mass is 19.1. The Balaban J connectivity index is 1.68. The van der Waals surface area contributed by atoms with E-state index >= 15 is 0 Å². The van der Waals surface area contributed by atoms with Gasteiger partial charge in [-0.05, 0) is 67.3 Å². The van der Waals surface area contributed by atoms with Crippen LogP contribution in [0.1, 0.15) is 40.6 Å². The number of carbonyl (C=O) groups is 1. The third kappa shape index (κ3) is 3.86. The van der Waals surface area contributed by atoms with Gasteiger partial charge in [-0.1, -0.05) is 24.3 Å². The molecule has 1 fully saturated rings. The summed E-state index contributed by atoms with van der Waals surface area (Å²) in [5.41, 5.74) is 4.21. The smallest absolute Gasteiger partial charge is 0.258 e. The summed E-state index contributed by atoms with van der Waals surface area (Å²) in [5, 5.41) is 0. The van der Waals surface area contributed by atoms with Crippen molar-refractivity contribution >= 4 is 5.91 Å². The first-order chi connectivity index (χ1) is 14.1. The first-order valence-electron chi connectivity index (χ1n) is 9.75. The summed E-state index contributed by atoms with van der Waals surface area (Å²) in [6, 6.07) is 17.6. The van der Waals surface area contributed by atoms with Crippen molar-refractivity contribution in [3.05, 3.63) is 83.4 Å². The Kier molecular flexibility index (Phi) is 5.30. The lowest BCUT2D eigenvalue weighted by Crippen LogP contribution is -2.31. The van der Waals surface area contributed by atoms with Gasteiger partial charge in [0.05, 0.1) is 24.4 Å². The molecule has 4 rings (SSSR count). The maximum absolute atomic E-state index is 13.3. The van der Waals surface area contributed by atoms with Crippen molar-refractivity contribution in [1.29, 1.82) is 0 Å². The number of hydrogen-bond donors (Lipinski definition) is 0. The molecule has 2 heterocycles. The van der Waals surface area contributed by atoms with E-state index in [1.165, 1.54) is 12.1 Å². The molecule has 1 atom stereocenters. The quantitative estimate of drug-likeness (QED) is 0.616. The van der Waals surface area contributed by atoms with Gasteiger partial charge in [-0.3, -0.25) is 9.78 Å². The van der Waals surface area contributed by atoms with Crippen LogP contribution in [0.25, 0.3) is 11.1 Å². The standard InChI is InChI=1S/C24H23FN2O2/c1-16-14-18(17-9-11-19(25)12-10-17)15-21(26-16)22-7-5-13-27(22)24(28)20-6-3-4-8-23(20)29-2/h3-4,6,8-12,14-15,22H,5,7,13H2,1-2H3. The minimum atomic E-state index is -0.260. The Labute approximate surface area is 170 Å². The van der Waals surface area contributed by atoms with E-state index in [2.05, 4.69) is 0 Å². The molecule has 3 aromatic rings. The summed E-state index contributed by atoms with van der Waals surface area (Å²) in [7, 11) is 1.57. The van der Waals surface area contributed by atoms with Gasteiger partial charge < -0.3 is 9.64 Å². The van der Waals surface area contributed by atoms with Crippen molar-refractivity contribution in [2.24, 2.45) is 0 Å². The van der Waals surface area contributed by atoms with E-state index in [1.807, 2.05) is 36.1 Å². The lowest BCUT2D eigenvalue weighted by molar-refractivity contribution is 0.0729. The van der Waals surface area contributed by atoms with Gasteiger partial charge in [-0.25, -0.2) is 4.39 Å². The van der Waals surface area contributed by atoms with Crippen LogP contribution >= 0.6 is 0 Å². The van der Waals surface area contributed by atoms with Crippen molar-refractivity contribution < 1.29 is 13.9 Å². The maximum atomic E-state index is 13.3. The Hall–Kier alpha value is -3.21. The molecule has 0 aliphatic carbocycles. The van der Waals surface area contributed by atoms with Gasteiger partial charge in [0.1, 0.15) is 11.6 Å². The Morgan fingerprint density at radius 2 is 1.86 bits per heavy atom. The normalized spacial score (nSPS) is 16.1. The molecule has 29 heavy (non-hydrogen) atoms. The number of rotatable bonds is 4. The summed E-state index contributed by atoms with van der Waals surface area (Å²) in [6.07, 6.45) is 1.78. The number of nitrogens with zero attached hydrogens (tertiary/aromatic N) is 2. The number of likely N-dealkylation sites (tertiary alicyclic amines) is 1. The lowest BCUT2D eigenvalue weighted by atomic mass is 10.0. The minimum absolute atomic E-state index is 0.0448. The van der Waals surface area contributed by atoms with Gasteiger partial charge in [-0.2, -0.15) is 0 Å². The maximum Gasteiger partial charge on any atom is 0.258 e. The molecule has 0 N–H and O–H groups in total. The molecule has 1 aromatic heterocycles. The first-order valence-corrected chi connectivity index (χ1v) is 9.75. The van der Waals surface area contributed by atoms with Crippen LogP contribution in [0.3, 0.4) is 0 Å². The van der Waals surface area contributed by atoms with Crippen LogP contribution in [0.2, 0.25) is 0 Å². The van der Waals surface area contributed by atoms with E-state index in [0.717, 1.165) is 35.4 Å². The van der Waals surface area contributed by atoms with Gasteiger partial charge in [0, 0.05) is 12.2 Å². The molecule has 1 amide bonds. The molecular weight excluding hydrogens is 367 g/mol. The Morgan fingerprint density at radius 3 is 2.62 bits per heavy atom. The van der Waals surface area contributed by atoms with Crippen LogP contribution in [-0.2, 0) is 0 Å². The number of benzene rings is 2. The van der Waals surface area contributed by atoms with Crippen LogP contribution in [0.15, 0.2) is 60.7 Å². The number of aromatic nitrogens is 1. The second kappa shape index (κ2) is 8.03. The van der Waals surface area contributed by atoms with E-state index in [0.29, 0.717) is 17.9 Å². The van der Waals surface area contributed by atoms with Crippen molar-refractivity contribution in [2.45, 2.75) is 25.8 Å². The number of ether oxygens (including phenoxy) is 1. The number of amides is 1. The molecular formula is C24H23FN2O2. The molecule has 5 heteroatoms. The summed E-state index contributed by atoms with van der Waals surface area (Å²) >= 11 is 0. The van der Waals surface area contributed by atoms with Gasteiger partial charge in [0.25, 0.3) is 5.91 Å². The molecule has 2 aromatic carbocycles. The fraction of sp³-hybridized carbons (Fsp3) is 0.250. The fourth-order valence-corrected chi connectivity index (χ4v) is 3.97. The van der Waals surface area contributed by atoms with Gasteiger partial charge in [0.15, 0.2) is 0 Å². The monoisotopic (exact) mass is 390 g/mol. The zero-order chi connectivity index (χ0) is 20.4. The van der Waals surface area contributed by atoms with Crippen LogP contribution < -0.4 is 4.74 Å². The molecule has 1 unspecified atom stereocenters. The molecule has 0 saturated carbocycles. The average Bonchev–Trinajstić information content (AvgIpc) is 3.23. The fourth-order valence-electron chi connectivity index (χ4n) is 3.97. The summed E-state index contributed by atoms with van der Waals surface area (Å²) in [4.78, 5) is 19.9. The number of pyridine rings is 1. The SMILES string of the molecule is COc1ccccc1C(=O)N1CCCC1c1cc(-c2ccc(F)cc2)cc(C)n1. The molecule has 1 saturated heterocycles. The first kappa shape index (κ1) is 19.1. The van der Waals surface area contributed by atoms with Crippen LogP contribution in [0.5, 0.6) is 5.75 Å². The van der Waals surface area contributed by atoms with Crippen molar-refractivity contribution in [2.75, 3.05) is 13.7 Å². The van der Waals surface area contributed by atoms with Gasteiger partial charge in [-0.15, -0.1) is 0 Å². The van der Waals surface area contributed by atoms with Crippen molar-refractivity contribution in [3.8, 4) is 16.9 Å². The van der Waals surface area contributed by atoms with Crippen molar-refractivity contribution in [1.82, 2.24) is 9.88 Å². The molecule has 0 bridgehead atoms. The number of halogens is 1. The number of aryl methyl sites for hydroxylation is 1. The molecule has 4 nitrogen and oxygen atoms in total. The minimum Gasteiger partial charge on any atom is -0.496 e. The predicted molar refractivity (Wildman–Crippen MR) is 110 cm³/mol. The van der Waals surface area contributed by atoms with E-state index in [-0.39, 0.29) is 17.8 Å². The number of methoxy groups -OCH3 is 1. The number of para-hydroxylation sites is 1. The average molecular weight is 390 g/mol. The second-order valence-electron chi connectivity index (χ2n) is 7.29. The summed E-state index contributed by atoms with van der Waals surface area (Å²) < 4.78 is 18.7. The van der Waals surface area contributed by atoms with E-state index in [9.17, 15) is 9.18 Å².